The van der Waals surface area contributed by atoms with E-state index in [4.69, 9.17) is 14.7 Å². The summed E-state index contributed by atoms with van der Waals surface area (Å²) in [7, 11) is 0. The van der Waals surface area contributed by atoms with E-state index in [1.807, 2.05) is 36.5 Å². The van der Waals surface area contributed by atoms with Crippen LogP contribution in [0.25, 0.3) is 17.3 Å². The quantitative estimate of drug-likeness (QED) is 0.471. The molecule has 144 valence electrons. The normalized spacial score (nSPS) is 12.7. The third kappa shape index (κ3) is 4.19. The molecule has 1 aromatic heterocycles. The first-order chi connectivity index (χ1) is 14.2. The molecule has 29 heavy (non-hydrogen) atoms. The molecule has 0 saturated carbocycles. The van der Waals surface area contributed by atoms with E-state index in [1.54, 1.807) is 29.0 Å². The van der Waals surface area contributed by atoms with Crippen molar-refractivity contribution in [3.8, 4) is 28.8 Å². The molecule has 0 radical (unpaired) electrons. The lowest BCUT2D eigenvalue weighted by Crippen LogP contribution is -2.15. The largest absolute Gasteiger partial charge is 0.486 e. The van der Waals surface area contributed by atoms with Gasteiger partial charge < -0.3 is 9.47 Å². The smallest absolute Gasteiger partial charge is 0.185 e. The van der Waals surface area contributed by atoms with Crippen LogP contribution in [0, 0.1) is 11.3 Å². The lowest BCUT2D eigenvalue weighted by molar-refractivity contribution is 0.104. The van der Waals surface area contributed by atoms with Crippen LogP contribution in [0.15, 0.2) is 60.8 Å². The van der Waals surface area contributed by atoms with Crippen molar-refractivity contribution in [3.05, 3.63) is 71.9 Å². The van der Waals surface area contributed by atoms with Crippen LogP contribution in [0.2, 0.25) is 0 Å². The standard InChI is InChI=1S/C23H19N3O3/c24-11-4-12-26-16-19(23(25-26)17-5-2-1-3-6-17)7-9-20(27)18-8-10-21-22(15-18)29-14-13-28-21/h1-3,5-10,15-16H,4,12-14H2. The fraction of sp³-hybridized carbons (Fsp3) is 0.174. The maximum Gasteiger partial charge on any atom is 0.185 e. The number of carbonyl (C=O) groups excluding carboxylic acids is 1. The summed E-state index contributed by atoms with van der Waals surface area (Å²) in [4.78, 5) is 12.7. The van der Waals surface area contributed by atoms with Gasteiger partial charge in [0.1, 0.15) is 13.2 Å². The number of aryl methyl sites for hydroxylation is 1. The number of ketones is 1. The second kappa shape index (κ2) is 8.44. The van der Waals surface area contributed by atoms with E-state index in [-0.39, 0.29) is 5.78 Å². The fourth-order valence-corrected chi connectivity index (χ4v) is 3.12. The molecule has 3 aromatic rings. The molecule has 2 heterocycles. The first-order valence-corrected chi connectivity index (χ1v) is 9.36. The van der Waals surface area contributed by atoms with Crippen LogP contribution in [0.5, 0.6) is 11.5 Å². The molecule has 1 aliphatic heterocycles. The zero-order valence-corrected chi connectivity index (χ0v) is 15.7. The van der Waals surface area contributed by atoms with E-state index >= 15 is 0 Å². The van der Waals surface area contributed by atoms with Crippen molar-refractivity contribution < 1.29 is 14.3 Å². The van der Waals surface area contributed by atoms with Gasteiger partial charge in [-0.25, -0.2) is 0 Å². The Morgan fingerprint density at radius 2 is 1.93 bits per heavy atom. The molecule has 0 fully saturated rings. The van der Waals surface area contributed by atoms with Gasteiger partial charge in [-0.3, -0.25) is 9.48 Å². The Labute approximate surface area is 168 Å². The summed E-state index contributed by atoms with van der Waals surface area (Å²) < 4.78 is 12.8. The van der Waals surface area contributed by atoms with Gasteiger partial charge in [-0.15, -0.1) is 0 Å². The number of rotatable bonds is 6. The van der Waals surface area contributed by atoms with E-state index in [2.05, 4.69) is 11.2 Å². The topological polar surface area (TPSA) is 77.1 Å². The van der Waals surface area contributed by atoms with Gasteiger partial charge in [-0.05, 0) is 30.4 Å². The maximum absolute atomic E-state index is 12.7. The molecule has 6 nitrogen and oxygen atoms in total. The number of fused-ring (bicyclic) bond motifs is 1. The highest BCUT2D eigenvalue weighted by atomic mass is 16.6. The number of ether oxygens (including phenoxy) is 2. The van der Waals surface area contributed by atoms with Crippen molar-refractivity contribution >= 4 is 11.9 Å². The Kier molecular flexibility index (Phi) is 5.39. The summed E-state index contributed by atoms with van der Waals surface area (Å²) in [5.74, 6) is 1.11. The van der Waals surface area contributed by atoms with Gasteiger partial charge in [0.15, 0.2) is 17.3 Å². The first kappa shape index (κ1) is 18.5. The molecular formula is C23H19N3O3. The van der Waals surface area contributed by atoms with Gasteiger partial charge in [0.25, 0.3) is 0 Å². The second-order valence-corrected chi connectivity index (χ2v) is 6.53. The van der Waals surface area contributed by atoms with Gasteiger partial charge in [0, 0.05) is 22.9 Å². The van der Waals surface area contributed by atoms with Crippen molar-refractivity contribution in [2.45, 2.75) is 13.0 Å². The predicted octanol–water partition coefficient (Wildman–Crippen LogP) is 4.13. The minimum absolute atomic E-state index is 0.134. The molecule has 0 bridgehead atoms. The van der Waals surface area contributed by atoms with Crippen LogP contribution in [0.3, 0.4) is 0 Å². The Morgan fingerprint density at radius 1 is 1.14 bits per heavy atom. The summed E-state index contributed by atoms with van der Waals surface area (Å²) in [5, 5.41) is 13.4. The van der Waals surface area contributed by atoms with E-state index in [0.29, 0.717) is 43.2 Å². The zero-order chi connectivity index (χ0) is 20.1. The van der Waals surface area contributed by atoms with Crippen LogP contribution in [-0.4, -0.2) is 28.8 Å². The van der Waals surface area contributed by atoms with Gasteiger partial charge in [-0.1, -0.05) is 30.3 Å². The van der Waals surface area contributed by atoms with Gasteiger partial charge in [0.05, 0.1) is 24.7 Å². The molecule has 0 amide bonds. The van der Waals surface area contributed by atoms with E-state index in [9.17, 15) is 4.79 Å². The summed E-state index contributed by atoms with van der Waals surface area (Å²) in [6, 6.07) is 17.1. The molecule has 0 aliphatic carbocycles. The number of hydrogen-bond donors (Lipinski definition) is 0. The third-order valence-corrected chi connectivity index (χ3v) is 4.53. The van der Waals surface area contributed by atoms with Crippen LogP contribution < -0.4 is 9.47 Å². The molecular weight excluding hydrogens is 366 g/mol. The Bertz CT molecular complexity index is 1090. The molecule has 6 heteroatoms. The molecule has 0 unspecified atom stereocenters. The Hall–Kier alpha value is -3.85. The van der Waals surface area contributed by atoms with Crippen LogP contribution in [0.1, 0.15) is 22.3 Å². The van der Waals surface area contributed by atoms with Gasteiger partial charge >= 0.3 is 0 Å². The maximum atomic E-state index is 12.7. The molecule has 1 aliphatic rings. The minimum atomic E-state index is -0.134. The predicted molar refractivity (Wildman–Crippen MR) is 109 cm³/mol. The summed E-state index contributed by atoms with van der Waals surface area (Å²) in [6.45, 7) is 1.49. The minimum Gasteiger partial charge on any atom is -0.486 e. The number of carbonyl (C=O) groups is 1. The van der Waals surface area contributed by atoms with Gasteiger partial charge in [-0.2, -0.15) is 10.4 Å². The highest BCUT2D eigenvalue weighted by Gasteiger charge is 2.14. The van der Waals surface area contributed by atoms with E-state index in [0.717, 1.165) is 16.8 Å². The lowest BCUT2D eigenvalue weighted by atomic mass is 10.1. The molecule has 2 aromatic carbocycles. The SMILES string of the molecule is N#CCCn1cc(C=CC(=O)c2ccc3c(c2)OCCO3)c(-c2ccccc2)n1. The average Bonchev–Trinajstić information content (AvgIpc) is 3.19. The van der Waals surface area contributed by atoms with Crippen LogP contribution >= 0.6 is 0 Å². The van der Waals surface area contributed by atoms with Gasteiger partial charge in [0.2, 0.25) is 0 Å². The average molecular weight is 385 g/mol. The number of benzene rings is 2. The number of aromatic nitrogens is 2. The summed E-state index contributed by atoms with van der Waals surface area (Å²) in [5.41, 5.74) is 3.08. The van der Waals surface area contributed by atoms with Crippen molar-refractivity contribution in [2.75, 3.05) is 13.2 Å². The van der Waals surface area contributed by atoms with Crippen molar-refractivity contribution in [1.82, 2.24) is 9.78 Å². The third-order valence-electron chi connectivity index (χ3n) is 4.53. The highest BCUT2D eigenvalue weighted by Crippen LogP contribution is 2.31. The highest BCUT2D eigenvalue weighted by molar-refractivity contribution is 6.07. The Balaban J connectivity index is 1.61. The van der Waals surface area contributed by atoms with E-state index in [1.165, 1.54) is 6.08 Å². The molecule has 0 saturated heterocycles. The lowest BCUT2D eigenvalue weighted by Gasteiger charge is -2.18. The number of hydrogen-bond acceptors (Lipinski definition) is 5. The number of nitriles is 1. The molecule has 0 spiro atoms. The molecule has 4 rings (SSSR count). The molecule has 0 N–H and O–H groups in total. The van der Waals surface area contributed by atoms with Crippen molar-refractivity contribution in [1.29, 1.82) is 5.26 Å². The molecule has 0 atom stereocenters. The van der Waals surface area contributed by atoms with Crippen LogP contribution in [-0.2, 0) is 6.54 Å². The van der Waals surface area contributed by atoms with Crippen molar-refractivity contribution in [2.24, 2.45) is 0 Å². The monoisotopic (exact) mass is 385 g/mol. The Morgan fingerprint density at radius 3 is 2.72 bits per heavy atom. The van der Waals surface area contributed by atoms with Crippen LogP contribution in [0.4, 0.5) is 0 Å². The second-order valence-electron chi connectivity index (χ2n) is 6.53. The van der Waals surface area contributed by atoms with E-state index < -0.39 is 0 Å². The number of nitrogens with zero attached hydrogens (tertiary/aromatic N) is 3. The van der Waals surface area contributed by atoms with Crippen molar-refractivity contribution in [3.63, 3.8) is 0 Å². The summed E-state index contributed by atoms with van der Waals surface area (Å²) >= 11 is 0. The number of allylic oxidation sites excluding steroid dienone is 1. The first-order valence-electron chi connectivity index (χ1n) is 9.36. The summed E-state index contributed by atoms with van der Waals surface area (Å²) in [6.07, 6.45) is 5.52. The fourth-order valence-electron chi connectivity index (χ4n) is 3.12. The zero-order valence-electron chi connectivity index (χ0n) is 15.7.